The number of piperazine rings is 1. The highest BCUT2D eigenvalue weighted by Gasteiger charge is 2.27. The summed E-state index contributed by atoms with van der Waals surface area (Å²) in [4.78, 5) is 23.9. The summed E-state index contributed by atoms with van der Waals surface area (Å²) in [5, 5.41) is 2.25. The summed E-state index contributed by atoms with van der Waals surface area (Å²) in [6.07, 6.45) is 0. The fourth-order valence-electron chi connectivity index (χ4n) is 1.41. The van der Waals surface area contributed by atoms with Gasteiger partial charge in [-0.25, -0.2) is 0 Å². The Hall–Kier alpha value is -0.940. The zero-order valence-electron chi connectivity index (χ0n) is 8.79. The van der Waals surface area contributed by atoms with Crippen molar-refractivity contribution in [3.63, 3.8) is 0 Å². The molecule has 0 aromatic carbocycles. The van der Waals surface area contributed by atoms with E-state index >= 15 is 0 Å². The van der Waals surface area contributed by atoms with Gasteiger partial charge in [-0.2, -0.15) is 0 Å². The molecule has 0 unspecified atom stereocenters. The maximum atomic E-state index is 11.0. The predicted octanol–water partition coefficient (Wildman–Crippen LogP) is -0.630. The first-order valence-corrected chi connectivity index (χ1v) is 4.53. The van der Waals surface area contributed by atoms with Gasteiger partial charge in [0.05, 0.1) is 18.7 Å². The molecular weight excluding hydrogens is 184 g/mol. The van der Waals surface area contributed by atoms with Crippen molar-refractivity contribution in [2.45, 2.75) is 19.4 Å². The van der Waals surface area contributed by atoms with Gasteiger partial charge in [0.2, 0.25) is 11.8 Å². The molecule has 1 rings (SSSR count). The number of methoxy groups -OCH3 is 1. The largest absolute Gasteiger partial charge is 0.377 e. The highest BCUT2D eigenvalue weighted by molar-refractivity contribution is 5.99. The van der Waals surface area contributed by atoms with Crippen molar-refractivity contribution in [1.29, 1.82) is 0 Å². The molecule has 1 fully saturated rings. The highest BCUT2D eigenvalue weighted by atomic mass is 16.5. The molecule has 5 heteroatoms. The van der Waals surface area contributed by atoms with Crippen molar-refractivity contribution in [2.75, 3.05) is 26.7 Å². The minimum Gasteiger partial charge on any atom is -0.377 e. The van der Waals surface area contributed by atoms with E-state index in [1.54, 1.807) is 12.0 Å². The number of carbonyl (C=O) groups is 2. The number of imide groups is 1. The van der Waals surface area contributed by atoms with Crippen molar-refractivity contribution < 1.29 is 14.3 Å². The first-order valence-electron chi connectivity index (χ1n) is 4.53. The molecule has 14 heavy (non-hydrogen) atoms. The molecule has 0 aliphatic carbocycles. The van der Waals surface area contributed by atoms with Crippen LogP contribution < -0.4 is 5.32 Å². The van der Waals surface area contributed by atoms with E-state index in [0.29, 0.717) is 6.54 Å². The van der Waals surface area contributed by atoms with Crippen LogP contribution in [0.25, 0.3) is 0 Å². The third-order valence-corrected chi connectivity index (χ3v) is 2.17. The van der Waals surface area contributed by atoms with Crippen molar-refractivity contribution in [1.82, 2.24) is 10.2 Å². The fourth-order valence-corrected chi connectivity index (χ4v) is 1.41. The first-order chi connectivity index (χ1) is 6.43. The Bertz CT molecular complexity index is 234. The molecule has 0 radical (unpaired) electrons. The number of rotatable bonds is 3. The number of carbonyl (C=O) groups excluding carboxylic acids is 2. The minimum absolute atomic E-state index is 0.242. The third-order valence-electron chi connectivity index (χ3n) is 2.17. The van der Waals surface area contributed by atoms with Crippen LogP contribution in [0.1, 0.15) is 13.8 Å². The Morgan fingerprint density at radius 2 is 1.86 bits per heavy atom. The van der Waals surface area contributed by atoms with E-state index in [0.717, 1.165) is 0 Å². The molecule has 0 saturated carbocycles. The smallest absolute Gasteiger partial charge is 0.240 e. The Morgan fingerprint density at radius 1 is 1.36 bits per heavy atom. The average Bonchev–Trinajstić information content (AvgIpc) is 2.01. The molecule has 0 aromatic rings. The lowest BCUT2D eigenvalue weighted by atomic mass is 10.1. The first kappa shape index (κ1) is 11.1. The van der Waals surface area contributed by atoms with Crippen LogP contribution in [0.2, 0.25) is 0 Å². The quantitative estimate of drug-likeness (QED) is 0.616. The van der Waals surface area contributed by atoms with Crippen LogP contribution in [0, 0.1) is 0 Å². The number of hydrogen-bond acceptors (Lipinski definition) is 4. The summed E-state index contributed by atoms with van der Waals surface area (Å²) < 4.78 is 5.23. The van der Waals surface area contributed by atoms with Gasteiger partial charge >= 0.3 is 0 Å². The van der Waals surface area contributed by atoms with Gasteiger partial charge < -0.3 is 4.74 Å². The van der Waals surface area contributed by atoms with E-state index in [4.69, 9.17) is 4.74 Å². The second-order valence-corrected chi connectivity index (χ2v) is 4.08. The monoisotopic (exact) mass is 200 g/mol. The van der Waals surface area contributed by atoms with E-state index in [1.807, 2.05) is 13.8 Å². The lowest BCUT2D eigenvalue weighted by Crippen LogP contribution is -2.54. The van der Waals surface area contributed by atoms with E-state index in [9.17, 15) is 9.59 Å². The second-order valence-electron chi connectivity index (χ2n) is 4.08. The van der Waals surface area contributed by atoms with Gasteiger partial charge in [0.1, 0.15) is 0 Å². The van der Waals surface area contributed by atoms with Gasteiger partial charge in [0.15, 0.2) is 0 Å². The summed E-state index contributed by atoms with van der Waals surface area (Å²) in [5.74, 6) is -0.485. The molecule has 5 nitrogen and oxygen atoms in total. The minimum atomic E-state index is -0.335. The lowest BCUT2D eigenvalue weighted by Gasteiger charge is -2.32. The topological polar surface area (TPSA) is 58.6 Å². The number of ether oxygens (including phenoxy) is 1. The molecular formula is C9H16N2O3. The van der Waals surface area contributed by atoms with Gasteiger partial charge in [0.25, 0.3) is 0 Å². The highest BCUT2D eigenvalue weighted by Crippen LogP contribution is 2.10. The number of nitrogens with zero attached hydrogens (tertiary/aromatic N) is 1. The molecule has 0 spiro atoms. The van der Waals surface area contributed by atoms with Gasteiger partial charge in [-0.05, 0) is 13.8 Å². The van der Waals surface area contributed by atoms with Crippen LogP contribution in [0.15, 0.2) is 0 Å². The van der Waals surface area contributed by atoms with E-state index < -0.39 is 0 Å². The van der Waals surface area contributed by atoms with Gasteiger partial charge in [-0.1, -0.05) is 0 Å². The van der Waals surface area contributed by atoms with Crippen LogP contribution in [0.3, 0.4) is 0 Å². The Kier molecular flexibility index (Phi) is 3.23. The molecule has 2 amide bonds. The Balaban J connectivity index is 2.52. The molecule has 0 bridgehead atoms. The van der Waals surface area contributed by atoms with Gasteiger partial charge in [-0.3, -0.25) is 19.8 Å². The molecule has 1 heterocycles. The fraction of sp³-hybridized carbons (Fsp3) is 0.778. The van der Waals surface area contributed by atoms with Crippen molar-refractivity contribution >= 4 is 11.8 Å². The molecule has 1 saturated heterocycles. The molecule has 1 N–H and O–H groups in total. The third kappa shape index (κ3) is 3.08. The SMILES string of the molecule is COC(C)(C)CN1CC(=O)NC(=O)C1. The van der Waals surface area contributed by atoms with Crippen LogP contribution in [0.5, 0.6) is 0 Å². The predicted molar refractivity (Wildman–Crippen MR) is 50.7 cm³/mol. The zero-order chi connectivity index (χ0) is 10.8. The van der Waals surface area contributed by atoms with Crippen molar-refractivity contribution in [2.24, 2.45) is 0 Å². The average molecular weight is 200 g/mol. The van der Waals surface area contributed by atoms with Crippen molar-refractivity contribution in [3.05, 3.63) is 0 Å². The number of nitrogens with one attached hydrogen (secondary N) is 1. The van der Waals surface area contributed by atoms with Crippen LogP contribution in [0.4, 0.5) is 0 Å². The molecule has 1 aliphatic heterocycles. The van der Waals surface area contributed by atoms with Crippen LogP contribution >= 0.6 is 0 Å². The van der Waals surface area contributed by atoms with E-state index in [2.05, 4.69) is 5.32 Å². The summed E-state index contributed by atoms with van der Waals surface area (Å²) in [6, 6.07) is 0. The summed E-state index contributed by atoms with van der Waals surface area (Å²) >= 11 is 0. The molecule has 1 aliphatic rings. The maximum Gasteiger partial charge on any atom is 0.240 e. The normalized spacial score (nSPS) is 19.6. The van der Waals surface area contributed by atoms with Crippen LogP contribution in [-0.4, -0.2) is 49.1 Å². The maximum absolute atomic E-state index is 11.0. The standard InChI is InChI=1S/C9H16N2O3/c1-9(2,14-3)6-11-4-7(12)10-8(13)5-11/h4-6H2,1-3H3,(H,10,12,13). The van der Waals surface area contributed by atoms with Crippen molar-refractivity contribution in [3.8, 4) is 0 Å². The van der Waals surface area contributed by atoms with Crippen LogP contribution in [-0.2, 0) is 14.3 Å². The second kappa shape index (κ2) is 4.06. The molecule has 0 aromatic heterocycles. The van der Waals surface area contributed by atoms with E-state index in [-0.39, 0.29) is 30.5 Å². The Labute approximate surface area is 83.4 Å². The van der Waals surface area contributed by atoms with Gasteiger partial charge in [-0.15, -0.1) is 0 Å². The summed E-state index contributed by atoms with van der Waals surface area (Å²) in [7, 11) is 1.62. The zero-order valence-corrected chi connectivity index (χ0v) is 8.79. The lowest BCUT2D eigenvalue weighted by molar-refractivity contribution is -0.137. The molecule has 0 atom stereocenters. The van der Waals surface area contributed by atoms with Gasteiger partial charge in [0, 0.05) is 13.7 Å². The summed E-state index contributed by atoms with van der Waals surface area (Å²) in [6.45, 7) is 4.94. The number of amides is 2. The number of hydrogen-bond donors (Lipinski definition) is 1. The van der Waals surface area contributed by atoms with E-state index in [1.165, 1.54) is 0 Å². The Morgan fingerprint density at radius 3 is 2.29 bits per heavy atom. The molecule has 80 valence electrons. The summed E-state index contributed by atoms with van der Waals surface area (Å²) in [5.41, 5.74) is -0.335.